The van der Waals surface area contributed by atoms with Crippen LogP contribution in [-0.2, 0) is 4.74 Å². The van der Waals surface area contributed by atoms with Gasteiger partial charge in [-0.2, -0.15) is 0 Å². The van der Waals surface area contributed by atoms with Crippen molar-refractivity contribution in [2.75, 3.05) is 6.54 Å². The number of aliphatic imine (C=N–C) groups is 1. The zero-order valence-electron chi connectivity index (χ0n) is 14.1. The van der Waals surface area contributed by atoms with Crippen LogP contribution in [0.5, 0.6) is 0 Å². The van der Waals surface area contributed by atoms with Crippen LogP contribution in [0.3, 0.4) is 0 Å². The summed E-state index contributed by atoms with van der Waals surface area (Å²) in [6, 6.07) is 0.0111. The van der Waals surface area contributed by atoms with Gasteiger partial charge in [0, 0.05) is 30.5 Å². The Bertz CT molecular complexity index is 692. The summed E-state index contributed by atoms with van der Waals surface area (Å²) in [7, 11) is 0. The molecule has 1 amide bonds. The van der Waals surface area contributed by atoms with E-state index in [1.165, 1.54) is 0 Å². The van der Waals surface area contributed by atoms with Crippen molar-refractivity contribution in [3.8, 4) is 0 Å². The van der Waals surface area contributed by atoms with Crippen LogP contribution in [-0.4, -0.2) is 44.9 Å². The van der Waals surface area contributed by atoms with E-state index in [-0.39, 0.29) is 12.1 Å². The van der Waals surface area contributed by atoms with E-state index in [0.29, 0.717) is 17.6 Å². The standard InChI is InChI=1S/C17H21BrN4O2/c1-17(2,3)24-16(23)22-6-4-5-14(22)12-7-11(8-19-12)13-9-21-15(18)10-20-13/h8-10,14H,4-7H2,1-3H3/t14-/m0/s1. The van der Waals surface area contributed by atoms with Crippen LogP contribution in [0.4, 0.5) is 4.79 Å². The lowest BCUT2D eigenvalue weighted by Crippen LogP contribution is -2.43. The maximum Gasteiger partial charge on any atom is 0.410 e. The number of aromatic nitrogens is 2. The number of amides is 1. The van der Waals surface area contributed by atoms with Crippen LogP contribution < -0.4 is 0 Å². The summed E-state index contributed by atoms with van der Waals surface area (Å²) < 4.78 is 6.23. The third kappa shape index (κ3) is 3.83. The quantitative estimate of drug-likeness (QED) is 0.766. The normalized spacial score (nSPS) is 20.8. The number of hydrogen-bond donors (Lipinski definition) is 0. The van der Waals surface area contributed by atoms with Crippen molar-refractivity contribution in [1.82, 2.24) is 14.9 Å². The maximum absolute atomic E-state index is 12.4. The van der Waals surface area contributed by atoms with Crippen LogP contribution in [0.2, 0.25) is 0 Å². The lowest BCUT2D eigenvalue weighted by Gasteiger charge is -2.28. The molecule has 0 unspecified atom stereocenters. The molecule has 2 aliphatic rings. The number of likely N-dealkylation sites (tertiary alicyclic amines) is 1. The fraction of sp³-hybridized carbons (Fsp3) is 0.529. The molecule has 0 aliphatic carbocycles. The molecule has 1 aromatic heterocycles. The molecule has 6 nitrogen and oxygen atoms in total. The molecule has 2 aliphatic heterocycles. The molecule has 3 heterocycles. The first kappa shape index (κ1) is 17.1. The first-order chi connectivity index (χ1) is 11.3. The second-order valence-corrected chi connectivity index (χ2v) is 7.82. The van der Waals surface area contributed by atoms with E-state index >= 15 is 0 Å². The molecule has 1 fully saturated rings. The molecule has 1 atom stereocenters. The number of hydrogen-bond acceptors (Lipinski definition) is 5. The average molecular weight is 393 g/mol. The molecule has 3 rings (SSSR count). The topological polar surface area (TPSA) is 67.7 Å². The highest BCUT2D eigenvalue weighted by atomic mass is 79.9. The fourth-order valence-electron chi connectivity index (χ4n) is 2.94. The fourth-order valence-corrected chi connectivity index (χ4v) is 3.14. The van der Waals surface area contributed by atoms with Crippen molar-refractivity contribution in [3.05, 3.63) is 28.9 Å². The van der Waals surface area contributed by atoms with E-state index in [9.17, 15) is 4.79 Å². The number of halogens is 1. The molecule has 1 aromatic rings. The molecule has 0 radical (unpaired) electrons. The van der Waals surface area contributed by atoms with E-state index in [2.05, 4.69) is 30.9 Å². The number of ether oxygens (including phenoxy) is 1. The Kier molecular flexibility index (Phi) is 4.71. The largest absolute Gasteiger partial charge is 0.444 e. The van der Waals surface area contributed by atoms with E-state index in [0.717, 1.165) is 29.8 Å². The van der Waals surface area contributed by atoms with Crippen molar-refractivity contribution in [2.45, 2.75) is 51.7 Å². The van der Waals surface area contributed by atoms with Gasteiger partial charge in [0.1, 0.15) is 10.2 Å². The van der Waals surface area contributed by atoms with E-state index in [1.807, 2.05) is 27.0 Å². The minimum Gasteiger partial charge on any atom is -0.444 e. The number of nitrogens with zero attached hydrogens (tertiary/aromatic N) is 4. The van der Waals surface area contributed by atoms with Crippen molar-refractivity contribution < 1.29 is 9.53 Å². The second kappa shape index (κ2) is 6.63. The number of carbonyl (C=O) groups excluding carboxylic acids is 1. The summed E-state index contributed by atoms with van der Waals surface area (Å²) >= 11 is 3.29. The highest BCUT2D eigenvalue weighted by Crippen LogP contribution is 2.29. The average Bonchev–Trinajstić information content (AvgIpc) is 3.15. The molecule has 0 spiro atoms. The Labute approximate surface area is 150 Å². The molecule has 0 aromatic carbocycles. The smallest absolute Gasteiger partial charge is 0.410 e. The van der Waals surface area contributed by atoms with Gasteiger partial charge in [0.15, 0.2) is 0 Å². The van der Waals surface area contributed by atoms with Gasteiger partial charge in [-0.1, -0.05) is 0 Å². The summed E-state index contributed by atoms with van der Waals surface area (Å²) in [5.74, 6) is 0. The summed E-state index contributed by atoms with van der Waals surface area (Å²) in [5, 5.41) is 0. The molecule has 0 N–H and O–H groups in total. The second-order valence-electron chi connectivity index (χ2n) is 7.01. The van der Waals surface area contributed by atoms with Gasteiger partial charge in [-0.05, 0) is 49.5 Å². The van der Waals surface area contributed by atoms with Crippen LogP contribution in [0.25, 0.3) is 5.57 Å². The van der Waals surface area contributed by atoms with Crippen LogP contribution in [0.15, 0.2) is 28.2 Å². The Morgan fingerprint density at radius 2 is 2.12 bits per heavy atom. The van der Waals surface area contributed by atoms with Crippen LogP contribution in [0, 0.1) is 0 Å². The summed E-state index contributed by atoms with van der Waals surface area (Å²) in [6.07, 6.45) is 7.57. The van der Waals surface area contributed by atoms with Crippen molar-refractivity contribution in [2.24, 2.45) is 4.99 Å². The summed E-state index contributed by atoms with van der Waals surface area (Å²) in [6.45, 7) is 6.37. The Hall–Kier alpha value is -1.76. The molecular weight excluding hydrogens is 372 g/mol. The van der Waals surface area contributed by atoms with Crippen molar-refractivity contribution in [1.29, 1.82) is 0 Å². The van der Waals surface area contributed by atoms with E-state index in [4.69, 9.17) is 4.74 Å². The summed E-state index contributed by atoms with van der Waals surface area (Å²) in [5.41, 5.74) is 2.36. The van der Waals surface area contributed by atoms with Gasteiger partial charge >= 0.3 is 6.09 Å². The number of allylic oxidation sites excluding steroid dienone is 1. The van der Waals surface area contributed by atoms with Gasteiger partial charge in [-0.25, -0.2) is 9.78 Å². The highest BCUT2D eigenvalue weighted by molar-refractivity contribution is 9.10. The molecule has 1 saturated heterocycles. The first-order valence-corrected chi connectivity index (χ1v) is 8.86. The summed E-state index contributed by atoms with van der Waals surface area (Å²) in [4.78, 5) is 27.3. The van der Waals surface area contributed by atoms with Gasteiger partial charge in [-0.3, -0.25) is 14.9 Å². The molecule has 0 bridgehead atoms. The molecule has 7 heteroatoms. The molecule has 24 heavy (non-hydrogen) atoms. The number of carbonyl (C=O) groups is 1. The van der Waals surface area contributed by atoms with Crippen molar-refractivity contribution in [3.63, 3.8) is 0 Å². The zero-order chi connectivity index (χ0) is 17.3. The van der Waals surface area contributed by atoms with Gasteiger partial charge in [0.2, 0.25) is 0 Å². The van der Waals surface area contributed by atoms with Gasteiger partial charge in [0.05, 0.1) is 24.1 Å². The van der Waals surface area contributed by atoms with E-state index in [1.54, 1.807) is 17.3 Å². The van der Waals surface area contributed by atoms with Crippen LogP contribution >= 0.6 is 15.9 Å². The minimum atomic E-state index is -0.488. The third-order valence-electron chi connectivity index (χ3n) is 3.97. The minimum absolute atomic E-state index is 0.0111. The zero-order valence-corrected chi connectivity index (χ0v) is 15.7. The third-order valence-corrected chi connectivity index (χ3v) is 4.38. The van der Waals surface area contributed by atoms with Gasteiger partial charge < -0.3 is 4.74 Å². The van der Waals surface area contributed by atoms with Gasteiger partial charge in [0.25, 0.3) is 0 Å². The SMILES string of the molecule is CC(C)(C)OC(=O)N1CCC[C@H]1C1=NC=C(c2cnc(Br)cn2)C1. The monoisotopic (exact) mass is 392 g/mol. The highest BCUT2D eigenvalue weighted by Gasteiger charge is 2.36. The van der Waals surface area contributed by atoms with Crippen molar-refractivity contribution >= 4 is 33.3 Å². The predicted octanol–water partition coefficient (Wildman–Crippen LogP) is 3.82. The molecular formula is C17H21BrN4O2. The Balaban J connectivity index is 1.67. The van der Waals surface area contributed by atoms with Gasteiger partial charge in [-0.15, -0.1) is 0 Å². The lowest BCUT2D eigenvalue weighted by atomic mass is 10.0. The van der Waals surface area contributed by atoms with Crippen LogP contribution in [0.1, 0.15) is 45.7 Å². The molecule has 128 valence electrons. The Morgan fingerprint density at radius 3 is 2.79 bits per heavy atom. The lowest BCUT2D eigenvalue weighted by molar-refractivity contribution is 0.0265. The predicted molar refractivity (Wildman–Crippen MR) is 95.7 cm³/mol. The first-order valence-electron chi connectivity index (χ1n) is 8.06. The van der Waals surface area contributed by atoms with E-state index < -0.39 is 5.60 Å². The molecule has 0 saturated carbocycles. The Morgan fingerprint density at radius 1 is 1.33 bits per heavy atom. The maximum atomic E-state index is 12.4. The number of rotatable bonds is 2.